The van der Waals surface area contributed by atoms with Gasteiger partial charge in [-0.3, -0.25) is 4.79 Å². The Balaban J connectivity index is 2.92. The molecule has 1 rings (SSSR count). The molecule has 0 spiro atoms. The molecule has 0 heterocycles. The van der Waals surface area contributed by atoms with Gasteiger partial charge in [-0.2, -0.15) is 0 Å². The van der Waals surface area contributed by atoms with Crippen LogP contribution in [0.4, 0.5) is 0 Å². The molecule has 0 unspecified atom stereocenters. The quantitative estimate of drug-likeness (QED) is 0.524. The van der Waals surface area contributed by atoms with Crippen molar-refractivity contribution >= 4 is 14.1 Å². The summed E-state index contributed by atoms with van der Waals surface area (Å²) in [6.07, 6.45) is 2.62. The van der Waals surface area contributed by atoms with Gasteiger partial charge in [0, 0.05) is 24.4 Å². The summed E-state index contributed by atoms with van der Waals surface area (Å²) in [5.74, 6) is 1.09. The third kappa shape index (κ3) is 3.68. The lowest BCUT2D eigenvalue weighted by Crippen LogP contribution is -2.44. The first kappa shape index (κ1) is 18.6. The van der Waals surface area contributed by atoms with Crippen LogP contribution < -0.4 is 0 Å². The summed E-state index contributed by atoms with van der Waals surface area (Å²) in [6.45, 7) is 22.5. The zero-order chi connectivity index (χ0) is 16.6. The molecule has 122 valence electrons. The molecule has 0 saturated heterocycles. The van der Waals surface area contributed by atoms with Gasteiger partial charge in [-0.1, -0.05) is 47.6 Å². The van der Waals surface area contributed by atoms with E-state index in [-0.39, 0.29) is 22.3 Å². The second-order valence-electron chi connectivity index (χ2n) is 8.88. The van der Waals surface area contributed by atoms with Crippen molar-refractivity contribution < 1.29 is 9.22 Å². The first-order valence-electron chi connectivity index (χ1n) is 8.15. The minimum absolute atomic E-state index is 0.0940. The highest BCUT2D eigenvalue weighted by Crippen LogP contribution is 2.49. The fourth-order valence-electron chi connectivity index (χ4n) is 3.19. The molecule has 3 atom stereocenters. The SMILES string of the molecule is C=C[C@@H]1[C@H](C(C)C)C(=O)C[C@]1(C)CO[Si](C)(C)C(C)(C)C. The molecule has 0 bridgehead atoms. The van der Waals surface area contributed by atoms with E-state index < -0.39 is 8.32 Å². The Morgan fingerprint density at radius 3 is 2.33 bits per heavy atom. The zero-order valence-corrected chi connectivity index (χ0v) is 16.2. The fourth-order valence-corrected chi connectivity index (χ4v) is 4.32. The highest BCUT2D eigenvalue weighted by Gasteiger charge is 2.51. The van der Waals surface area contributed by atoms with Crippen LogP contribution in [0.3, 0.4) is 0 Å². The van der Waals surface area contributed by atoms with Crippen LogP contribution in [-0.4, -0.2) is 20.7 Å². The molecule has 21 heavy (non-hydrogen) atoms. The number of ketones is 1. The number of Topliss-reactive ketones (excluding diaryl/α,β-unsaturated/α-hetero) is 1. The van der Waals surface area contributed by atoms with Crippen molar-refractivity contribution in [2.45, 2.75) is 66.1 Å². The van der Waals surface area contributed by atoms with Crippen molar-refractivity contribution in [3.05, 3.63) is 12.7 Å². The van der Waals surface area contributed by atoms with Crippen molar-refractivity contribution in [3.63, 3.8) is 0 Å². The first-order valence-corrected chi connectivity index (χ1v) is 11.1. The van der Waals surface area contributed by atoms with Crippen LogP contribution in [0.25, 0.3) is 0 Å². The van der Waals surface area contributed by atoms with Crippen LogP contribution in [-0.2, 0) is 9.22 Å². The van der Waals surface area contributed by atoms with Gasteiger partial charge in [0.05, 0.1) is 0 Å². The van der Waals surface area contributed by atoms with E-state index in [0.717, 1.165) is 0 Å². The van der Waals surface area contributed by atoms with Crippen LogP contribution in [0.1, 0.15) is 48.0 Å². The Morgan fingerprint density at radius 2 is 1.95 bits per heavy atom. The molecule has 0 aliphatic heterocycles. The summed E-state index contributed by atoms with van der Waals surface area (Å²) in [6, 6.07) is 0. The van der Waals surface area contributed by atoms with E-state index in [2.05, 4.69) is 61.2 Å². The predicted molar refractivity (Wildman–Crippen MR) is 92.9 cm³/mol. The highest BCUT2D eigenvalue weighted by molar-refractivity contribution is 6.74. The molecule has 2 nitrogen and oxygen atoms in total. The number of hydrogen-bond acceptors (Lipinski definition) is 2. The molecule has 1 aliphatic carbocycles. The van der Waals surface area contributed by atoms with Gasteiger partial charge in [0.15, 0.2) is 8.32 Å². The van der Waals surface area contributed by atoms with Gasteiger partial charge < -0.3 is 4.43 Å². The maximum Gasteiger partial charge on any atom is 0.192 e. The fraction of sp³-hybridized carbons (Fsp3) is 0.833. The van der Waals surface area contributed by atoms with Crippen molar-refractivity contribution in [1.29, 1.82) is 0 Å². The normalized spacial score (nSPS) is 31.0. The smallest absolute Gasteiger partial charge is 0.192 e. The predicted octanol–water partition coefficient (Wildman–Crippen LogP) is 5.06. The van der Waals surface area contributed by atoms with Crippen LogP contribution in [0.2, 0.25) is 18.1 Å². The van der Waals surface area contributed by atoms with Crippen molar-refractivity contribution in [2.24, 2.45) is 23.2 Å². The van der Waals surface area contributed by atoms with Gasteiger partial charge in [-0.25, -0.2) is 0 Å². The lowest BCUT2D eigenvalue weighted by Gasteiger charge is -2.40. The molecular weight excluding hydrogens is 276 g/mol. The van der Waals surface area contributed by atoms with E-state index in [4.69, 9.17) is 4.43 Å². The summed E-state index contributed by atoms with van der Waals surface area (Å²) in [7, 11) is -1.78. The Kier molecular flexibility index (Phi) is 5.32. The van der Waals surface area contributed by atoms with E-state index in [0.29, 0.717) is 24.7 Å². The van der Waals surface area contributed by atoms with E-state index in [1.165, 1.54) is 0 Å². The number of carbonyl (C=O) groups is 1. The maximum absolute atomic E-state index is 12.4. The van der Waals surface area contributed by atoms with Crippen molar-refractivity contribution in [1.82, 2.24) is 0 Å². The lowest BCUT2D eigenvalue weighted by atomic mass is 9.75. The van der Waals surface area contributed by atoms with Gasteiger partial charge in [0.2, 0.25) is 0 Å². The number of hydrogen-bond donors (Lipinski definition) is 0. The third-order valence-electron chi connectivity index (χ3n) is 5.68. The second kappa shape index (κ2) is 6.00. The van der Waals surface area contributed by atoms with Crippen LogP contribution >= 0.6 is 0 Å². The van der Waals surface area contributed by atoms with Gasteiger partial charge >= 0.3 is 0 Å². The second-order valence-corrected chi connectivity index (χ2v) is 13.7. The summed E-state index contributed by atoms with van der Waals surface area (Å²) in [5.41, 5.74) is -0.0940. The molecule has 0 aromatic rings. The van der Waals surface area contributed by atoms with Crippen LogP contribution in [0.15, 0.2) is 12.7 Å². The average molecular weight is 311 g/mol. The Bertz CT molecular complexity index is 406. The maximum atomic E-state index is 12.4. The van der Waals surface area contributed by atoms with Crippen LogP contribution in [0, 0.1) is 23.2 Å². The summed E-state index contributed by atoms with van der Waals surface area (Å²) in [5, 5.41) is 0.201. The summed E-state index contributed by atoms with van der Waals surface area (Å²) < 4.78 is 6.43. The molecular formula is C18H34O2Si. The van der Waals surface area contributed by atoms with E-state index in [9.17, 15) is 4.79 Å². The largest absolute Gasteiger partial charge is 0.416 e. The van der Waals surface area contributed by atoms with Crippen molar-refractivity contribution in [3.8, 4) is 0 Å². The van der Waals surface area contributed by atoms with Gasteiger partial charge in [-0.15, -0.1) is 6.58 Å². The Hall–Kier alpha value is -0.413. The minimum atomic E-state index is -1.78. The number of carbonyl (C=O) groups excluding carboxylic acids is 1. The zero-order valence-electron chi connectivity index (χ0n) is 15.2. The number of rotatable bonds is 5. The van der Waals surface area contributed by atoms with Crippen molar-refractivity contribution in [2.75, 3.05) is 6.61 Å². The Morgan fingerprint density at radius 1 is 1.43 bits per heavy atom. The molecule has 0 aromatic carbocycles. The van der Waals surface area contributed by atoms with Crippen LogP contribution in [0.5, 0.6) is 0 Å². The van der Waals surface area contributed by atoms with Gasteiger partial charge in [-0.05, 0) is 30.0 Å². The summed E-state index contributed by atoms with van der Waals surface area (Å²) >= 11 is 0. The van der Waals surface area contributed by atoms with Gasteiger partial charge in [0.1, 0.15) is 5.78 Å². The molecule has 1 aliphatic rings. The van der Waals surface area contributed by atoms with Gasteiger partial charge in [0.25, 0.3) is 0 Å². The molecule has 0 aromatic heterocycles. The number of allylic oxidation sites excluding steroid dienone is 1. The monoisotopic (exact) mass is 310 g/mol. The molecule has 0 radical (unpaired) electrons. The molecule has 1 fully saturated rings. The summed E-state index contributed by atoms with van der Waals surface area (Å²) in [4.78, 5) is 12.4. The third-order valence-corrected chi connectivity index (χ3v) is 10.2. The first-order chi connectivity index (χ1) is 9.35. The molecule has 3 heteroatoms. The molecule has 0 amide bonds. The Labute approximate surface area is 132 Å². The standard InChI is InChI=1S/C18H34O2Si/c1-10-14-16(13(2)3)15(19)11-18(14,7)12-20-21(8,9)17(4,5)6/h10,13-14,16H,1,11-12H2,2-9H3/t14-,16+,18-/m1/s1. The molecule has 1 saturated carbocycles. The topological polar surface area (TPSA) is 26.3 Å². The minimum Gasteiger partial charge on any atom is -0.416 e. The highest BCUT2D eigenvalue weighted by atomic mass is 28.4. The van der Waals surface area contributed by atoms with E-state index in [1.807, 2.05) is 6.08 Å². The van der Waals surface area contributed by atoms with E-state index >= 15 is 0 Å². The average Bonchev–Trinajstić information content (AvgIpc) is 2.56. The van der Waals surface area contributed by atoms with E-state index in [1.54, 1.807) is 0 Å². The lowest BCUT2D eigenvalue weighted by molar-refractivity contribution is -0.122. The molecule has 0 N–H and O–H groups in total.